The largest absolute Gasteiger partial charge is 0.481 e. The highest BCUT2D eigenvalue weighted by molar-refractivity contribution is 5.69. The zero-order valence-corrected chi connectivity index (χ0v) is 12.4. The van der Waals surface area contributed by atoms with E-state index < -0.39 is 11.9 Å². The van der Waals surface area contributed by atoms with E-state index in [0.29, 0.717) is 32.6 Å². The van der Waals surface area contributed by atoms with Gasteiger partial charge in [0, 0.05) is 32.7 Å². The molecule has 130 valence electrons. The number of hydrogen-bond acceptors (Lipinski definition) is 8. The molecule has 4 N–H and O–H groups in total. The number of carbonyl (C=O) groups is 2. The second-order valence-corrected chi connectivity index (χ2v) is 4.68. The van der Waals surface area contributed by atoms with E-state index >= 15 is 0 Å². The van der Waals surface area contributed by atoms with Crippen LogP contribution in [0.5, 0.6) is 0 Å². The summed E-state index contributed by atoms with van der Waals surface area (Å²) in [5, 5.41) is 34.2. The molecule has 0 aromatic carbocycles. The van der Waals surface area contributed by atoms with Gasteiger partial charge in [-0.05, 0) is 6.42 Å². The van der Waals surface area contributed by atoms with Crippen molar-refractivity contribution in [2.75, 3.05) is 52.5 Å². The SMILES string of the molecule is O=C(O)CCN(CCN(CCCOO)CCOO)CC(=O)O. The fourth-order valence-corrected chi connectivity index (χ4v) is 1.86. The maximum absolute atomic E-state index is 10.8. The van der Waals surface area contributed by atoms with Gasteiger partial charge in [-0.1, -0.05) is 0 Å². The van der Waals surface area contributed by atoms with Crippen molar-refractivity contribution in [3.63, 3.8) is 0 Å². The Morgan fingerprint density at radius 1 is 0.773 bits per heavy atom. The van der Waals surface area contributed by atoms with E-state index in [1.165, 1.54) is 4.90 Å². The first-order chi connectivity index (χ1) is 10.5. The highest BCUT2D eigenvalue weighted by atomic mass is 17.1. The van der Waals surface area contributed by atoms with E-state index in [4.69, 9.17) is 20.7 Å². The Balaban J connectivity index is 4.30. The summed E-state index contributed by atoms with van der Waals surface area (Å²) in [6.07, 6.45) is 0.418. The third kappa shape index (κ3) is 12.4. The quantitative estimate of drug-likeness (QED) is 0.177. The third-order valence-corrected chi connectivity index (χ3v) is 2.94. The molecule has 0 bridgehead atoms. The number of rotatable bonds is 15. The van der Waals surface area contributed by atoms with Crippen molar-refractivity contribution < 1.29 is 40.1 Å². The lowest BCUT2D eigenvalue weighted by atomic mass is 10.3. The van der Waals surface area contributed by atoms with E-state index in [0.717, 1.165) is 0 Å². The predicted octanol–water partition coefficient (Wildman–Crippen LogP) is -0.481. The normalized spacial score (nSPS) is 11.3. The van der Waals surface area contributed by atoms with Crippen LogP contribution >= 0.6 is 0 Å². The lowest BCUT2D eigenvalue weighted by molar-refractivity contribution is -0.247. The topological polar surface area (TPSA) is 140 Å². The van der Waals surface area contributed by atoms with E-state index in [2.05, 4.69) is 9.78 Å². The van der Waals surface area contributed by atoms with Crippen LogP contribution in [0.15, 0.2) is 0 Å². The molecule has 0 aliphatic carbocycles. The number of carboxylic acids is 2. The molecular formula is C12H24N2O8. The molecule has 0 radical (unpaired) electrons. The first-order valence-electron chi connectivity index (χ1n) is 6.90. The van der Waals surface area contributed by atoms with Crippen LogP contribution in [0.4, 0.5) is 0 Å². The van der Waals surface area contributed by atoms with Crippen molar-refractivity contribution in [2.24, 2.45) is 0 Å². The van der Waals surface area contributed by atoms with Gasteiger partial charge < -0.3 is 10.2 Å². The molecule has 0 fully saturated rings. The van der Waals surface area contributed by atoms with Crippen LogP contribution in [0.25, 0.3) is 0 Å². The molecule has 0 unspecified atom stereocenters. The average molecular weight is 324 g/mol. The number of nitrogens with zero attached hydrogens (tertiary/aromatic N) is 2. The maximum Gasteiger partial charge on any atom is 0.317 e. The zero-order valence-electron chi connectivity index (χ0n) is 12.4. The Hall–Kier alpha value is -1.30. The van der Waals surface area contributed by atoms with Crippen molar-refractivity contribution in [1.82, 2.24) is 9.80 Å². The van der Waals surface area contributed by atoms with Crippen LogP contribution in [0.3, 0.4) is 0 Å². The molecule has 0 aromatic rings. The summed E-state index contributed by atoms with van der Waals surface area (Å²) in [5.41, 5.74) is 0. The summed E-state index contributed by atoms with van der Waals surface area (Å²) in [6, 6.07) is 0. The van der Waals surface area contributed by atoms with Gasteiger partial charge in [0.15, 0.2) is 0 Å². The van der Waals surface area contributed by atoms with Gasteiger partial charge in [0.05, 0.1) is 26.2 Å². The molecule has 0 saturated carbocycles. The second-order valence-electron chi connectivity index (χ2n) is 4.68. The van der Waals surface area contributed by atoms with Gasteiger partial charge in [-0.25, -0.2) is 9.78 Å². The minimum Gasteiger partial charge on any atom is -0.481 e. The highest BCUT2D eigenvalue weighted by Gasteiger charge is 2.13. The molecule has 0 heterocycles. The van der Waals surface area contributed by atoms with Crippen molar-refractivity contribution >= 4 is 11.9 Å². The Bertz CT molecular complexity index is 316. The molecule has 22 heavy (non-hydrogen) atoms. The zero-order chi connectivity index (χ0) is 16.8. The van der Waals surface area contributed by atoms with Gasteiger partial charge in [-0.3, -0.25) is 29.9 Å². The molecule has 0 saturated heterocycles. The second kappa shape index (κ2) is 13.4. The van der Waals surface area contributed by atoms with Gasteiger partial charge in [0.25, 0.3) is 0 Å². The molecular weight excluding hydrogens is 300 g/mol. The lowest BCUT2D eigenvalue weighted by Gasteiger charge is -2.26. The van der Waals surface area contributed by atoms with Crippen LogP contribution in [-0.2, 0) is 19.4 Å². The molecule has 10 heteroatoms. The fourth-order valence-electron chi connectivity index (χ4n) is 1.86. The number of aliphatic carboxylic acids is 2. The summed E-state index contributed by atoms with van der Waals surface area (Å²) in [7, 11) is 0. The van der Waals surface area contributed by atoms with Crippen LogP contribution < -0.4 is 0 Å². The van der Waals surface area contributed by atoms with Crippen molar-refractivity contribution in [2.45, 2.75) is 12.8 Å². The summed E-state index contributed by atoms with van der Waals surface area (Å²) >= 11 is 0. The molecule has 0 amide bonds. The summed E-state index contributed by atoms with van der Waals surface area (Å²) < 4.78 is 0. The van der Waals surface area contributed by atoms with Crippen LogP contribution in [0.1, 0.15) is 12.8 Å². The summed E-state index contributed by atoms with van der Waals surface area (Å²) in [6.45, 7) is 1.98. The van der Waals surface area contributed by atoms with Gasteiger partial charge >= 0.3 is 11.9 Å². The number of carboxylic acid groups (broad SMARTS) is 2. The first kappa shape index (κ1) is 20.7. The molecule has 10 nitrogen and oxygen atoms in total. The van der Waals surface area contributed by atoms with E-state index in [-0.39, 0.29) is 32.7 Å². The van der Waals surface area contributed by atoms with E-state index in [1.807, 2.05) is 4.90 Å². The maximum atomic E-state index is 10.8. The Morgan fingerprint density at radius 3 is 1.95 bits per heavy atom. The highest BCUT2D eigenvalue weighted by Crippen LogP contribution is 1.97. The number of hydrogen-bond donors (Lipinski definition) is 4. The van der Waals surface area contributed by atoms with Crippen LogP contribution in [0, 0.1) is 0 Å². The smallest absolute Gasteiger partial charge is 0.317 e. The molecule has 0 aliphatic rings. The molecule has 0 rings (SSSR count). The lowest BCUT2D eigenvalue weighted by Crippen LogP contribution is -2.40. The van der Waals surface area contributed by atoms with Crippen LogP contribution in [0.2, 0.25) is 0 Å². The standard InChI is InChI=1S/C12H24N2O8/c15-11(16)2-4-14(10-12(17)18)6-5-13(7-9-22-20)3-1-8-21-19/h19-20H,1-10H2,(H,15,16)(H,17,18). The Labute approximate surface area is 128 Å². The third-order valence-electron chi connectivity index (χ3n) is 2.94. The molecule has 0 aliphatic heterocycles. The van der Waals surface area contributed by atoms with Crippen molar-refractivity contribution in [1.29, 1.82) is 0 Å². The minimum absolute atomic E-state index is 0.0913. The van der Waals surface area contributed by atoms with Gasteiger partial charge in [0.1, 0.15) is 0 Å². The van der Waals surface area contributed by atoms with Gasteiger partial charge in [0.2, 0.25) is 0 Å². The first-order valence-corrected chi connectivity index (χ1v) is 6.90. The predicted molar refractivity (Wildman–Crippen MR) is 74.5 cm³/mol. The Kier molecular flexibility index (Phi) is 12.6. The average Bonchev–Trinajstić information content (AvgIpc) is 2.46. The van der Waals surface area contributed by atoms with Gasteiger partial charge in [-0.2, -0.15) is 0 Å². The molecule has 0 spiro atoms. The van der Waals surface area contributed by atoms with Crippen molar-refractivity contribution in [3.05, 3.63) is 0 Å². The fraction of sp³-hybridized carbons (Fsp3) is 0.833. The minimum atomic E-state index is -1.02. The summed E-state index contributed by atoms with van der Waals surface area (Å²) in [4.78, 5) is 32.8. The van der Waals surface area contributed by atoms with Crippen LogP contribution in [-0.4, -0.2) is 94.9 Å². The van der Waals surface area contributed by atoms with Crippen molar-refractivity contribution in [3.8, 4) is 0 Å². The van der Waals surface area contributed by atoms with Gasteiger partial charge in [-0.15, -0.1) is 0 Å². The van der Waals surface area contributed by atoms with E-state index in [1.54, 1.807) is 0 Å². The molecule has 0 atom stereocenters. The molecule has 0 aromatic heterocycles. The Morgan fingerprint density at radius 2 is 1.41 bits per heavy atom. The van der Waals surface area contributed by atoms with E-state index in [9.17, 15) is 9.59 Å². The summed E-state index contributed by atoms with van der Waals surface area (Å²) in [5.74, 6) is -2.01. The monoisotopic (exact) mass is 324 g/mol.